The molecular weight excluding hydrogens is 352 g/mol. The molecule has 1 unspecified atom stereocenters. The molecule has 0 bridgehead atoms. The van der Waals surface area contributed by atoms with E-state index in [2.05, 4.69) is 10.6 Å². The lowest BCUT2D eigenvalue weighted by Crippen LogP contribution is -2.35. The largest absolute Gasteiger partial charge is 0.482 e. The summed E-state index contributed by atoms with van der Waals surface area (Å²) in [6, 6.07) is 11.7. The molecule has 140 valence electrons. The van der Waals surface area contributed by atoms with Gasteiger partial charge in [0.05, 0.1) is 11.3 Å². The fourth-order valence-corrected chi connectivity index (χ4v) is 2.57. The molecule has 0 aliphatic carbocycles. The molecule has 0 fully saturated rings. The number of amides is 2. The molecular formula is C19H18N2O6. The van der Waals surface area contributed by atoms with Crippen LogP contribution in [0.2, 0.25) is 0 Å². The number of ether oxygens (including phenoxy) is 2. The number of rotatable bonds is 6. The third kappa shape index (κ3) is 4.35. The summed E-state index contributed by atoms with van der Waals surface area (Å²) in [4.78, 5) is 34.8. The molecule has 2 aromatic rings. The quantitative estimate of drug-likeness (QED) is 0.714. The highest BCUT2D eigenvalue weighted by atomic mass is 16.5. The van der Waals surface area contributed by atoms with Gasteiger partial charge in [0.2, 0.25) is 0 Å². The fraction of sp³-hybridized carbons (Fsp3) is 0.211. The Labute approximate surface area is 155 Å². The van der Waals surface area contributed by atoms with Crippen molar-refractivity contribution in [2.24, 2.45) is 0 Å². The Hall–Kier alpha value is -3.55. The smallest absolute Gasteiger partial charge is 0.341 e. The van der Waals surface area contributed by atoms with E-state index in [1.54, 1.807) is 49.4 Å². The second-order valence-corrected chi connectivity index (χ2v) is 5.94. The maximum atomic E-state index is 12.6. The first kappa shape index (κ1) is 18.2. The van der Waals surface area contributed by atoms with Gasteiger partial charge in [0.25, 0.3) is 11.8 Å². The number of hydrogen-bond acceptors (Lipinski definition) is 5. The third-order valence-corrected chi connectivity index (χ3v) is 3.90. The minimum atomic E-state index is -1.07. The molecule has 1 aliphatic rings. The van der Waals surface area contributed by atoms with Crippen molar-refractivity contribution in [3.63, 3.8) is 0 Å². The summed E-state index contributed by atoms with van der Waals surface area (Å²) in [5.41, 5.74) is 1.52. The number of nitrogens with one attached hydrogen (secondary N) is 2. The summed E-state index contributed by atoms with van der Waals surface area (Å²) >= 11 is 0. The Morgan fingerprint density at radius 2 is 2.04 bits per heavy atom. The van der Waals surface area contributed by atoms with Gasteiger partial charge in [-0.2, -0.15) is 0 Å². The number of carboxylic acids is 1. The first-order valence-electron chi connectivity index (χ1n) is 8.26. The van der Waals surface area contributed by atoms with Gasteiger partial charge in [-0.05, 0) is 36.8 Å². The lowest BCUT2D eigenvalue weighted by molar-refractivity contribution is -0.139. The number of hydrogen-bond donors (Lipinski definition) is 3. The fourth-order valence-electron chi connectivity index (χ4n) is 2.57. The average molecular weight is 370 g/mol. The van der Waals surface area contributed by atoms with Crippen LogP contribution in [0, 0.1) is 0 Å². The molecule has 1 atom stereocenters. The highest BCUT2D eigenvalue weighted by Crippen LogP contribution is 2.33. The van der Waals surface area contributed by atoms with Crippen molar-refractivity contribution < 1.29 is 29.0 Å². The second-order valence-electron chi connectivity index (χ2n) is 5.94. The Morgan fingerprint density at radius 1 is 1.26 bits per heavy atom. The minimum Gasteiger partial charge on any atom is -0.482 e. The molecule has 1 heterocycles. The molecule has 0 radical (unpaired) electrons. The SMILES string of the molecule is CC1Oc2c(cccc2C(=O)NCc2cccc(OCC(=O)O)c2)NC1=O. The molecule has 27 heavy (non-hydrogen) atoms. The molecule has 3 N–H and O–H groups in total. The van der Waals surface area contributed by atoms with Gasteiger partial charge in [0, 0.05) is 6.54 Å². The van der Waals surface area contributed by atoms with Crippen molar-refractivity contribution >= 4 is 23.5 Å². The van der Waals surface area contributed by atoms with Gasteiger partial charge in [-0.25, -0.2) is 4.79 Å². The second kappa shape index (κ2) is 7.77. The maximum Gasteiger partial charge on any atom is 0.341 e. The molecule has 0 saturated heterocycles. The van der Waals surface area contributed by atoms with Gasteiger partial charge < -0.3 is 25.2 Å². The summed E-state index contributed by atoms with van der Waals surface area (Å²) in [5.74, 6) is -0.948. The van der Waals surface area contributed by atoms with E-state index in [1.807, 2.05) is 0 Å². The Balaban J connectivity index is 1.69. The van der Waals surface area contributed by atoms with Crippen LogP contribution < -0.4 is 20.1 Å². The van der Waals surface area contributed by atoms with E-state index in [0.717, 1.165) is 5.56 Å². The molecule has 8 nitrogen and oxygen atoms in total. The topological polar surface area (TPSA) is 114 Å². The highest BCUT2D eigenvalue weighted by molar-refractivity contribution is 6.03. The van der Waals surface area contributed by atoms with Crippen LogP contribution in [0.15, 0.2) is 42.5 Å². The van der Waals surface area contributed by atoms with Crippen molar-refractivity contribution in [2.75, 3.05) is 11.9 Å². The Morgan fingerprint density at radius 3 is 2.81 bits per heavy atom. The number of carboxylic acid groups (broad SMARTS) is 1. The van der Waals surface area contributed by atoms with Gasteiger partial charge in [0.1, 0.15) is 5.75 Å². The van der Waals surface area contributed by atoms with E-state index < -0.39 is 18.7 Å². The van der Waals surface area contributed by atoms with Gasteiger partial charge in [-0.1, -0.05) is 18.2 Å². The molecule has 2 amide bonds. The zero-order valence-corrected chi connectivity index (χ0v) is 14.5. The average Bonchev–Trinajstić information content (AvgIpc) is 2.65. The van der Waals surface area contributed by atoms with Gasteiger partial charge in [-0.15, -0.1) is 0 Å². The van der Waals surface area contributed by atoms with Crippen molar-refractivity contribution in [1.29, 1.82) is 0 Å². The number of carbonyl (C=O) groups excluding carboxylic acids is 2. The normalized spacial score (nSPS) is 15.1. The molecule has 2 aromatic carbocycles. The minimum absolute atomic E-state index is 0.217. The van der Waals surface area contributed by atoms with Crippen LogP contribution in [-0.2, 0) is 16.1 Å². The predicted octanol–water partition coefficient (Wildman–Crippen LogP) is 1.80. The number of fused-ring (bicyclic) bond motifs is 1. The van der Waals surface area contributed by atoms with Crippen molar-refractivity contribution in [1.82, 2.24) is 5.32 Å². The van der Waals surface area contributed by atoms with Crippen LogP contribution in [0.3, 0.4) is 0 Å². The van der Waals surface area contributed by atoms with Crippen LogP contribution in [0.4, 0.5) is 5.69 Å². The van der Waals surface area contributed by atoms with E-state index in [-0.39, 0.29) is 18.4 Å². The number of anilines is 1. The first-order chi connectivity index (χ1) is 12.9. The highest BCUT2D eigenvalue weighted by Gasteiger charge is 2.27. The van der Waals surface area contributed by atoms with Crippen LogP contribution in [0.1, 0.15) is 22.8 Å². The van der Waals surface area contributed by atoms with Crippen LogP contribution in [-0.4, -0.2) is 35.6 Å². The number of aliphatic carboxylic acids is 1. The zero-order valence-electron chi connectivity index (χ0n) is 14.5. The van der Waals surface area contributed by atoms with Gasteiger partial charge in [-0.3, -0.25) is 9.59 Å². The molecule has 0 saturated carbocycles. The lowest BCUT2D eigenvalue weighted by atomic mass is 10.1. The number of para-hydroxylation sites is 1. The van der Waals surface area contributed by atoms with Crippen LogP contribution in [0.25, 0.3) is 0 Å². The van der Waals surface area contributed by atoms with E-state index in [9.17, 15) is 14.4 Å². The lowest BCUT2D eigenvalue weighted by Gasteiger charge is -2.25. The van der Waals surface area contributed by atoms with E-state index in [0.29, 0.717) is 22.7 Å². The number of carbonyl (C=O) groups is 3. The Kier molecular flexibility index (Phi) is 5.25. The summed E-state index contributed by atoms with van der Waals surface area (Å²) < 4.78 is 10.7. The van der Waals surface area contributed by atoms with E-state index >= 15 is 0 Å². The zero-order chi connectivity index (χ0) is 19.4. The number of benzene rings is 2. The standard InChI is InChI=1S/C19H18N2O6/c1-11-18(24)21-15-7-3-6-14(17(15)27-11)19(25)20-9-12-4-2-5-13(8-12)26-10-16(22)23/h2-8,11H,9-10H2,1H3,(H,20,25)(H,21,24)(H,22,23). The molecule has 8 heteroatoms. The van der Waals surface area contributed by atoms with Crippen molar-refractivity contribution in [3.8, 4) is 11.5 Å². The van der Waals surface area contributed by atoms with Crippen LogP contribution >= 0.6 is 0 Å². The molecule has 3 rings (SSSR count). The summed E-state index contributed by atoms with van der Waals surface area (Å²) in [5, 5.41) is 14.1. The monoisotopic (exact) mass is 370 g/mol. The maximum absolute atomic E-state index is 12.6. The molecule has 0 spiro atoms. The van der Waals surface area contributed by atoms with Crippen molar-refractivity contribution in [2.45, 2.75) is 19.6 Å². The van der Waals surface area contributed by atoms with E-state index in [4.69, 9.17) is 14.6 Å². The first-order valence-corrected chi connectivity index (χ1v) is 8.26. The summed E-state index contributed by atoms with van der Waals surface area (Å²) in [6.07, 6.45) is -0.686. The molecule has 1 aliphatic heterocycles. The van der Waals surface area contributed by atoms with Gasteiger partial charge >= 0.3 is 5.97 Å². The summed E-state index contributed by atoms with van der Waals surface area (Å²) in [6.45, 7) is 1.39. The van der Waals surface area contributed by atoms with Gasteiger partial charge in [0.15, 0.2) is 18.5 Å². The van der Waals surface area contributed by atoms with Crippen LogP contribution in [0.5, 0.6) is 11.5 Å². The van der Waals surface area contributed by atoms with E-state index in [1.165, 1.54) is 0 Å². The van der Waals surface area contributed by atoms with Crippen molar-refractivity contribution in [3.05, 3.63) is 53.6 Å². The predicted molar refractivity (Wildman–Crippen MR) is 95.9 cm³/mol. The third-order valence-electron chi connectivity index (χ3n) is 3.90. The summed E-state index contributed by atoms with van der Waals surface area (Å²) in [7, 11) is 0. The Bertz CT molecular complexity index is 896. The molecule has 0 aromatic heterocycles.